The number of nitrogens with two attached hydrogens (primary N) is 1. The van der Waals surface area contributed by atoms with E-state index in [4.69, 9.17) is 5.73 Å². The Morgan fingerprint density at radius 3 is 2.70 bits per heavy atom. The van der Waals surface area contributed by atoms with Gasteiger partial charge in [-0.15, -0.1) is 0 Å². The number of amides is 1. The molecule has 0 aromatic carbocycles. The highest BCUT2D eigenvalue weighted by atomic mass is 16.6. The average molecular weight is 277 g/mol. The van der Waals surface area contributed by atoms with Gasteiger partial charge >= 0.3 is 5.69 Å². The predicted molar refractivity (Wildman–Crippen MR) is 68.6 cm³/mol. The molecule has 0 aliphatic heterocycles. The summed E-state index contributed by atoms with van der Waals surface area (Å²) in [5.74, 6) is -0.517. The van der Waals surface area contributed by atoms with Gasteiger partial charge in [0.25, 0.3) is 5.91 Å². The zero-order valence-electron chi connectivity index (χ0n) is 10.7. The van der Waals surface area contributed by atoms with Gasteiger partial charge in [0, 0.05) is 13.2 Å². The van der Waals surface area contributed by atoms with Crippen molar-refractivity contribution in [2.75, 3.05) is 12.4 Å². The molecule has 0 spiro atoms. The van der Waals surface area contributed by atoms with Crippen molar-refractivity contribution in [3.05, 3.63) is 33.8 Å². The number of primary amides is 1. The summed E-state index contributed by atoms with van der Waals surface area (Å²) in [5.41, 5.74) is 5.14. The summed E-state index contributed by atoms with van der Waals surface area (Å²) in [6.07, 6.45) is 2.49. The van der Waals surface area contributed by atoms with Gasteiger partial charge in [-0.1, -0.05) is 0 Å². The molecular weight excluding hydrogens is 266 g/mol. The number of rotatable bonds is 4. The van der Waals surface area contributed by atoms with E-state index < -0.39 is 10.8 Å². The summed E-state index contributed by atoms with van der Waals surface area (Å²) in [7, 11) is 1.59. The topological polar surface area (TPSA) is 142 Å². The monoisotopic (exact) mass is 277 g/mol. The van der Waals surface area contributed by atoms with Crippen LogP contribution in [0.4, 0.5) is 11.6 Å². The smallest absolute Gasteiger partial charge is 0.334 e. The van der Waals surface area contributed by atoms with Gasteiger partial charge in [-0.25, -0.2) is 9.67 Å². The standard InChI is InChI=1S/C10H11N7O3/c1-5-7(17(19)20)9(15-10(12-2)14-5)16-4-6(3-13-16)8(11)18/h3-4H,1-2H3,(H2,11,18)(H,12,14,15). The number of aryl methyl sites for hydroxylation is 1. The Hall–Kier alpha value is -3.04. The molecule has 10 nitrogen and oxygen atoms in total. The van der Waals surface area contributed by atoms with Crippen molar-refractivity contribution in [1.82, 2.24) is 19.7 Å². The Morgan fingerprint density at radius 1 is 1.50 bits per heavy atom. The van der Waals surface area contributed by atoms with E-state index in [2.05, 4.69) is 20.4 Å². The molecule has 2 aromatic rings. The Bertz CT molecular complexity index is 694. The van der Waals surface area contributed by atoms with E-state index >= 15 is 0 Å². The molecule has 104 valence electrons. The number of carbonyl (C=O) groups excluding carboxylic acids is 1. The number of hydrogen-bond acceptors (Lipinski definition) is 7. The molecule has 0 aliphatic carbocycles. The zero-order valence-corrected chi connectivity index (χ0v) is 10.7. The first-order valence-electron chi connectivity index (χ1n) is 5.49. The van der Waals surface area contributed by atoms with Gasteiger partial charge in [0.05, 0.1) is 16.7 Å². The normalized spacial score (nSPS) is 10.3. The summed E-state index contributed by atoms with van der Waals surface area (Å²) >= 11 is 0. The second kappa shape index (κ2) is 4.91. The molecule has 2 aromatic heterocycles. The van der Waals surface area contributed by atoms with E-state index in [0.717, 1.165) is 4.68 Å². The molecule has 0 aliphatic rings. The van der Waals surface area contributed by atoms with Crippen molar-refractivity contribution >= 4 is 17.5 Å². The average Bonchev–Trinajstić information content (AvgIpc) is 2.86. The molecule has 10 heteroatoms. The lowest BCUT2D eigenvalue weighted by molar-refractivity contribution is -0.385. The van der Waals surface area contributed by atoms with Gasteiger partial charge in [0.2, 0.25) is 11.8 Å². The fourth-order valence-electron chi connectivity index (χ4n) is 1.60. The molecule has 0 saturated carbocycles. The van der Waals surface area contributed by atoms with Crippen LogP contribution in [0.3, 0.4) is 0 Å². The van der Waals surface area contributed by atoms with Crippen molar-refractivity contribution in [1.29, 1.82) is 0 Å². The van der Waals surface area contributed by atoms with Crippen LogP contribution in [0.1, 0.15) is 16.1 Å². The van der Waals surface area contributed by atoms with Crippen LogP contribution in [0.5, 0.6) is 0 Å². The molecule has 0 fully saturated rings. The molecule has 0 bridgehead atoms. The summed E-state index contributed by atoms with van der Waals surface area (Å²) in [5, 5.41) is 17.7. The molecule has 0 unspecified atom stereocenters. The van der Waals surface area contributed by atoms with Crippen LogP contribution < -0.4 is 11.1 Å². The van der Waals surface area contributed by atoms with Gasteiger partial charge in [0.15, 0.2) is 0 Å². The fourth-order valence-corrected chi connectivity index (χ4v) is 1.60. The highest BCUT2D eigenvalue weighted by Gasteiger charge is 2.24. The van der Waals surface area contributed by atoms with Gasteiger partial charge < -0.3 is 11.1 Å². The number of aromatic nitrogens is 4. The van der Waals surface area contributed by atoms with Gasteiger partial charge in [0.1, 0.15) is 5.69 Å². The summed E-state index contributed by atoms with van der Waals surface area (Å²) in [6.45, 7) is 1.49. The van der Waals surface area contributed by atoms with Crippen molar-refractivity contribution < 1.29 is 9.72 Å². The third-order valence-corrected chi connectivity index (χ3v) is 2.53. The van der Waals surface area contributed by atoms with E-state index in [1.165, 1.54) is 19.3 Å². The van der Waals surface area contributed by atoms with Crippen LogP contribution in [0.15, 0.2) is 12.4 Å². The van der Waals surface area contributed by atoms with Gasteiger partial charge in [-0.3, -0.25) is 14.9 Å². The predicted octanol–water partition coefficient (Wildman–Crippen LogP) is 0.0195. The van der Waals surface area contributed by atoms with Gasteiger partial charge in [-0.05, 0) is 6.92 Å². The number of carbonyl (C=O) groups is 1. The van der Waals surface area contributed by atoms with E-state index in [1.807, 2.05) is 0 Å². The number of nitrogens with one attached hydrogen (secondary N) is 1. The lowest BCUT2D eigenvalue weighted by Gasteiger charge is -2.06. The minimum Gasteiger partial charge on any atom is -0.366 e. The first-order chi connectivity index (χ1) is 9.43. The summed E-state index contributed by atoms with van der Waals surface area (Å²) in [4.78, 5) is 29.5. The molecule has 2 heterocycles. The van der Waals surface area contributed by atoms with E-state index in [1.54, 1.807) is 7.05 Å². The van der Waals surface area contributed by atoms with Crippen LogP contribution in [-0.2, 0) is 0 Å². The quantitative estimate of drug-likeness (QED) is 0.592. The molecule has 0 radical (unpaired) electrons. The fraction of sp³-hybridized carbons (Fsp3) is 0.200. The van der Waals surface area contributed by atoms with Crippen molar-refractivity contribution in [3.8, 4) is 5.82 Å². The van der Waals surface area contributed by atoms with E-state index in [-0.39, 0.29) is 28.7 Å². The van der Waals surface area contributed by atoms with Crippen LogP contribution in [0.25, 0.3) is 5.82 Å². The van der Waals surface area contributed by atoms with Crippen LogP contribution in [0, 0.1) is 17.0 Å². The number of nitro groups is 1. The highest BCUT2D eigenvalue weighted by molar-refractivity contribution is 5.92. The number of hydrogen-bond donors (Lipinski definition) is 2. The van der Waals surface area contributed by atoms with Crippen LogP contribution in [0.2, 0.25) is 0 Å². The first-order valence-corrected chi connectivity index (χ1v) is 5.49. The van der Waals surface area contributed by atoms with Crippen molar-refractivity contribution in [2.24, 2.45) is 5.73 Å². The minimum atomic E-state index is -0.682. The van der Waals surface area contributed by atoms with Gasteiger partial charge in [-0.2, -0.15) is 10.1 Å². The Balaban J connectivity index is 2.66. The minimum absolute atomic E-state index is 0.0423. The largest absolute Gasteiger partial charge is 0.366 e. The summed E-state index contributed by atoms with van der Waals surface area (Å²) in [6, 6.07) is 0. The molecule has 3 N–H and O–H groups in total. The SMILES string of the molecule is CNc1nc(C)c([N+](=O)[O-])c(-n2cc(C(N)=O)cn2)n1. The Labute approximate surface area is 112 Å². The second-order valence-corrected chi connectivity index (χ2v) is 3.85. The Morgan fingerprint density at radius 2 is 2.20 bits per heavy atom. The molecule has 0 saturated heterocycles. The highest BCUT2D eigenvalue weighted by Crippen LogP contribution is 2.24. The molecule has 20 heavy (non-hydrogen) atoms. The second-order valence-electron chi connectivity index (χ2n) is 3.85. The van der Waals surface area contributed by atoms with E-state index in [9.17, 15) is 14.9 Å². The van der Waals surface area contributed by atoms with Crippen molar-refractivity contribution in [3.63, 3.8) is 0 Å². The third kappa shape index (κ3) is 2.25. The molecular formula is C10H11N7O3. The molecule has 2 rings (SSSR count). The lowest BCUT2D eigenvalue weighted by atomic mass is 10.3. The number of anilines is 1. The lowest BCUT2D eigenvalue weighted by Crippen LogP contribution is -2.11. The van der Waals surface area contributed by atoms with E-state index in [0.29, 0.717) is 0 Å². The zero-order chi connectivity index (χ0) is 14.9. The number of nitrogens with zero attached hydrogens (tertiary/aromatic N) is 5. The maximum absolute atomic E-state index is 11.1. The van der Waals surface area contributed by atoms with Crippen LogP contribution >= 0.6 is 0 Å². The maximum atomic E-state index is 11.1. The van der Waals surface area contributed by atoms with Crippen molar-refractivity contribution in [2.45, 2.75) is 6.92 Å². The first kappa shape index (κ1) is 13.4. The third-order valence-electron chi connectivity index (χ3n) is 2.53. The molecule has 0 atom stereocenters. The van der Waals surface area contributed by atoms with Crippen LogP contribution in [-0.4, -0.2) is 37.6 Å². The Kier molecular flexibility index (Phi) is 3.29. The summed E-state index contributed by atoms with van der Waals surface area (Å²) < 4.78 is 1.12. The molecule has 1 amide bonds. The maximum Gasteiger partial charge on any atom is 0.334 e.